The lowest BCUT2D eigenvalue weighted by molar-refractivity contribution is 0.251. The first-order valence-corrected chi connectivity index (χ1v) is 11.5. The lowest BCUT2D eigenvalue weighted by Crippen LogP contribution is -2.34. The van der Waals surface area contributed by atoms with Crippen molar-refractivity contribution < 1.29 is 4.79 Å². The van der Waals surface area contributed by atoms with Gasteiger partial charge in [-0.3, -0.25) is 4.79 Å². The summed E-state index contributed by atoms with van der Waals surface area (Å²) in [5, 5.41) is 11.4. The van der Waals surface area contributed by atoms with E-state index in [2.05, 4.69) is 20.7 Å². The zero-order valence-electron chi connectivity index (χ0n) is 18.1. The van der Waals surface area contributed by atoms with Crippen molar-refractivity contribution in [2.24, 2.45) is 0 Å². The molecule has 33 heavy (non-hydrogen) atoms. The monoisotopic (exact) mass is 479 g/mol. The average molecular weight is 480 g/mol. The number of rotatable bonds is 6. The number of aromatic nitrogens is 3. The summed E-state index contributed by atoms with van der Waals surface area (Å²) in [5.41, 5.74) is 3.85. The second-order valence-corrected chi connectivity index (χ2v) is 8.83. The van der Waals surface area contributed by atoms with Crippen LogP contribution in [-0.4, -0.2) is 27.3 Å². The fourth-order valence-corrected chi connectivity index (χ4v) is 4.41. The number of benzene rings is 2. The van der Waals surface area contributed by atoms with Gasteiger partial charge in [0, 0.05) is 28.9 Å². The van der Waals surface area contributed by atoms with E-state index in [4.69, 9.17) is 11.6 Å². The van der Waals surface area contributed by atoms with E-state index in [1.165, 1.54) is 22.1 Å². The predicted molar refractivity (Wildman–Crippen MR) is 133 cm³/mol. The van der Waals surface area contributed by atoms with Gasteiger partial charge in [-0.15, -0.1) is 11.3 Å². The largest absolute Gasteiger partial charge is 0.336 e. The summed E-state index contributed by atoms with van der Waals surface area (Å²) in [6.45, 7) is 4.29. The van der Waals surface area contributed by atoms with Crippen LogP contribution in [0.25, 0.3) is 21.1 Å². The maximum absolute atomic E-state index is 12.3. The highest BCUT2D eigenvalue weighted by atomic mass is 35.5. The Balaban J connectivity index is 1.43. The maximum Gasteiger partial charge on any atom is 0.319 e. The van der Waals surface area contributed by atoms with E-state index in [0.717, 1.165) is 26.7 Å². The number of anilines is 1. The molecule has 2 amide bonds. The molecular weight excluding hydrogens is 458 g/mol. The lowest BCUT2D eigenvalue weighted by Gasteiger charge is -2.10. The molecule has 2 heterocycles. The number of hydrogen-bond acceptors (Lipinski definition) is 5. The zero-order chi connectivity index (χ0) is 23.4. The summed E-state index contributed by atoms with van der Waals surface area (Å²) < 4.78 is 1.35. The molecule has 168 valence electrons. The molecule has 2 aromatic heterocycles. The summed E-state index contributed by atoms with van der Waals surface area (Å²) in [6, 6.07) is 18.0. The number of carbonyl (C=O) groups is 1. The number of urea groups is 1. The molecule has 2 N–H and O–H groups in total. The Kier molecular flexibility index (Phi) is 6.86. The van der Waals surface area contributed by atoms with Crippen LogP contribution in [0, 0.1) is 13.8 Å². The Morgan fingerprint density at radius 3 is 2.64 bits per heavy atom. The Hall–Kier alpha value is -3.49. The fourth-order valence-electron chi connectivity index (χ4n) is 3.19. The van der Waals surface area contributed by atoms with E-state index in [9.17, 15) is 9.59 Å². The van der Waals surface area contributed by atoms with E-state index >= 15 is 0 Å². The molecule has 0 bridgehead atoms. The number of nitrogens with one attached hydrogen (secondary N) is 2. The van der Waals surface area contributed by atoms with Crippen molar-refractivity contribution in [1.29, 1.82) is 0 Å². The van der Waals surface area contributed by atoms with Crippen LogP contribution < -0.4 is 16.2 Å². The van der Waals surface area contributed by atoms with Gasteiger partial charge in [-0.2, -0.15) is 5.10 Å². The normalized spacial score (nSPS) is 10.8. The first kappa shape index (κ1) is 22.7. The summed E-state index contributed by atoms with van der Waals surface area (Å²) in [7, 11) is 0. The Labute approximate surface area is 200 Å². The maximum atomic E-state index is 12.3. The Morgan fingerprint density at radius 2 is 1.88 bits per heavy atom. The molecule has 0 spiro atoms. The van der Waals surface area contributed by atoms with E-state index in [1.807, 2.05) is 50.2 Å². The second-order valence-electron chi connectivity index (χ2n) is 7.42. The van der Waals surface area contributed by atoms with Crippen LogP contribution in [0.15, 0.2) is 65.5 Å². The number of nitrogens with zero attached hydrogens (tertiary/aromatic N) is 3. The standard InChI is InChI=1S/C24H22ClN5O2S/c1-15-8-9-18(14-19(15)25)28-24(32)26-12-13-30-21(31)11-10-20(29-30)22-16(2)27-23(33-22)17-6-4-3-5-7-17/h3-11,14H,12-13H2,1-2H3,(H2,26,28,32). The highest BCUT2D eigenvalue weighted by Gasteiger charge is 2.14. The topological polar surface area (TPSA) is 88.9 Å². The minimum Gasteiger partial charge on any atom is -0.336 e. The molecule has 7 nitrogen and oxygen atoms in total. The fraction of sp³-hybridized carbons (Fsp3) is 0.167. The molecule has 0 atom stereocenters. The van der Waals surface area contributed by atoms with Gasteiger partial charge in [0.1, 0.15) is 10.7 Å². The van der Waals surface area contributed by atoms with Crippen LogP contribution in [0.5, 0.6) is 0 Å². The predicted octanol–water partition coefficient (Wildman–Crippen LogP) is 5.13. The number of carbonyl (C=O) groups excluding carboxylic acids is 1. The molecule has 0 aliphatic heterocycles. The van der Waals surface area contributed by atoms with Crippen LogP contribution in [0.3, 0.4) is 0 Å². The van der Waals surface area contributed by atoms with Crippen molar-refractivity contribution >= 4 is 34.7 Å². The average Bonchev–Trinajstić information content (AvgIpc) is 3.20. The van der Waals surface area contributed by atoms with Crippen molar-refractivity contribution in [1.82, 2.24) is 20.1 Å². The minimum absolute atomic E-state index is 0.234. The smallest absolute Gasteiger partial charge is 0.319 e. The summed E-state index contributed by atoms with van der Waals surface area (Å²) in [6.07, 6.45) is 0. The highest BCUT2D eigenvalue weighted by molar-refractivity contribution is 7.18. The lowest BCUT2D eigenvalue weighted by atomic mass is 10.2. The van der Waals surface area contributed by atoms with Crippen molar-refractivity contribution in [2.75, 3.05) is 11.9 Å². The number of aryl methyl sites for hydroxylation is 2. The van der Waals surface area contributed by atoms with Crippen LogP contribution in [0.1, 0.15) is 11.3 Å². The first-order valence-electron chi connectivity index (χ1n) is 10.3. The van der Waals surface area contributed by atoms with Crippen molar-refractivity contribution in [2.45, 2.75) is 20.4 Å². The van der Waals surface area contributed by atoms with Crippen LogP contribution >= 0.6 is 22.9 Å². The van der Waals surface area contributed by atoms with Gasteiger partial charge in [0.05, 0.1) is 17.1 Å². The molecule has 0 unspecified atom stereocenters. The van der Waals surface area contributed by atoms with Gasteiger partial charge in [-0.05, 0) is 37.6 Å². The van der Waals surface area contributed by atoms with Crippen LogP contribution in [0.2, 0.25) is 5.02 Å². The molecule has 0 fully saturated rings. The first-order chi connectivity index (χ1) is 15.9. The van der Waals surface area contributed by atoms with Gasteiger partial charge in [0.25, 0.3) is 5.56 Å². The Bertz CT molecular complexity index is 1350. The molecule has 0 saturated heterocycles. The van der Waals surface area contributed by atoms with Gasteiger partial charge in [0.2, 0.25) is 0 Å². The summed E-state index contributed by atoms with van der Waals surface area (Å²) in [4.78, 5) is 30.0. The van der Waals surface area contributed by atoms with E-state index in [-0.39, 0.29) is 24.7 Å². The van der Waals surface area contributed by atoms with Crippen molar-refractivity contribution in [3.05, 3.63) is 87.3 Å². The van der Waals surface area contributed by atoms with E-state index < -0.39 is 0 Å². The van der Waals surface area contributed by atoms with Crippen LogP contribution in [-0.2, 0) is 6.54 Å². The van der Waals surface area contributed by atoms with Gasteiger partial charge in [-0.1, -0.05) is 48.0 Å². The van der Waals surface area contributed by atoms with Gasteiger partial charge >= 0.3 is 6.03 Å². The van der Waals surface area contributed by atoms with Crippen molar-refractivity contribution in [3.8, 4) is 21.1 Å². The molecule has 0 saturated carbocycles. The third-order valence-corrected chi connectivity index (χ3v) is 6.59. The molecule has 0 aliphatic rings. The van der Waals surface area contributed by atoms with E-state index in [1.54, 1.807) is 18.2 Å². The number of amides is 2. The summed E-state index contributed by atoms with van der Waals surface area (Å²) >= 11 is 7.62. The molecule has 0 aliphatic carbocycles. The molecule has 0 radical (unpaired) electrons. The number of thiazole rings is 1. The molecule has 4 aromatic rings. The molecule has 9 heteroatoms. The molecule has 2 aromatic carbocycles. The quantitative estimate of drug-likeness (QED) is 0.401. The molecule has 4 rings (SSSR count). The van der Waals surface area contributed by atoms with Crippen molar-refractivity contribution in [3.63, 3.8) is 0 Å². The molecular formula is C24H22ClN5O2S. The second kappa shape index (κ2) is 9.97. The van der Waals surface area contributed by atoms with Gasteiger partial charge in [0.15, 0.2) is 0 Å². The van der Waals surface area contributed by atoms with Crippen LogP contribution in [0.4, 0.5) is 10.5 Å². The third-order valence-electron chi connectivity index (χ3n) is 4.96. The highest BCUT2D eigenvalue weighted by Crippen LogP contribution is 2.33. The SMILES string of the molecule is Cc1ccc(NC(=O)NCCn2nc(-c3sc(-c4ccccc4)nc3C)ccc2=O)cc1Cl. The third kappa shape index (κ3) is 5.47. The Morgan fingerprint density at radius 1 is 1.09 bits per heavy atom. The number of halogens is 1. The van der Waals surface area contributed by atoms with E-state index in [0.29, 0.717) is 16.4 Å². The van der Waals surface area contributed by atoms with Gasteiger partial charge in [-0.25, -0.2) is 14.5 Å². The van der Waals surface area contributed by atoms with Gasteiger partial charge < -0.3 is 10.6 Å². The number of hydrogen-bond donors (Lipinski definition) is 2. The minimum atomic E-state index is -0.384. The summed E-state index contributed by atoms with van der Waals surface area (Å²) in [5.74, 6) is 0. The zero-order valence-corrected chi connectivity index (χ0v) is 19.7.